The number of benzene rings is 2. The third-order valence-corrected chi connectivity index (χ3v) is 5.02. The molecule has 2 aromatic carbocycles. The predicted molar refractivity (Wildman–Crippen MR) is 95.6 cm³/mol. The molecular formula is C17H16F4N2O4S. The topological polar surface area (TPSA) is 75.7 Å². The van der Waals surface area contributed by atoms with Crippen molar-refractivity contribution in [3.8, 4) is 5.75 Å². The quantitative estimate of drug-likeness (QED) is 0.752. The Morgan fingerprint density at radius 3 is 2.32 bits per heavy atom. The van der Waals surface area contributed by atoms with Gasteiger partial charge in [0, 0.05) is 12.7 Å². The number of nitrogens with one attached hydrogen (secondary N) is 1. The molecule has 0 unspecified atom stereocenters. The van der Waals surface area contributed by atoms with Crippen molar-refractivity contribution in [2.45, 2.75) is 6.18 Å². The molecular weight excluding hydrogens is 404 g/mol. The van der Waals surface area contributed by atoms with Crippen molar-refractivity contribution in [2.75, 3.05) is 30.0 Å². The summed E-state index contributed by atoms with van der Waals surface area (Å²) in [5, 5.41) is 2.22. The molecule has 6 nitrogen and oxygen atoms in total. The Bertz CT molecular complexity index is 1010. The molecule has 0 aliphatic heterocycles. The van der Waals surface area contributed by atoms with Crippen LogP contribution in [0.1, 0.15) is 15.9 Å². The number of carbonyl (C=O) groups excluding carboxylic acids is 1. The molecule has 0 fully saturated rings. The lowest BCUT2D eigenvalue weighted by Crippen LogP contribution is -2.25. The molecule has 0 atom stereocenters. The van der Waals surface area contributed by atoms with E-state index in [1.54, 1.807) is 0 Å². The van der Waals surface area contributed by atoms with Crippen LogP contribution in [0.3, 0.4) is 0 Å². The van der Waals surface area contributed by atoms with Gasteiger partial charge in [0.05, 0.1) is 30.2 Å². The number of methoxy groups -OCH3 is 1. The van der Waals surface area contributed by atoms with Gasteiger partial charge in [-0.3, -0.25) is 9.10 Å². The highest BCUT2D eigenvalue weighted by Gasteiger charge is 2.34. The van der Waals surface area contributed by atoms with Crippen LogP contribution in [0.15, 0.2) is 36.4 Å². The van der Waals surface area contributed by atoms with Crippen LogP contribution in [0.25, 0.3) is 0 Å². The Kier molecular flexibility index (Phi) is 5.88. The predicted octanol–water partition coefficient (Wildman–Crippen LogP) is 3.50. The first-order chi connectivity index (χ1) is 12.8. The zero-order chi connectivity index (χ0) is 21.3. The van der Waals surface area contributed by atoms with E-state index in [1.807, 2.05) is 0 Å². The molecule has 0 saturated carbocycles. The van der Waals surface area contributed by atoms with Gasteiger partial charge in [0.25, 0.3) is 5.91 Å². The lowest BCUT2D eigenvalue weighted by Gasteiger charge is -2.19. The van der Waals surface area contributed by atoms with Crippen LogP contribution in [0.5, 0.6) is 5.75 Å². The van der Waals surface area contributed by atoms with E-state index >= 15 is 0 Å². The van der Waals surface area contributed by atoms with E-state index in [9.17, 15) is 30.8 Å². The molecule has 0 bridgehead atoms. The maximum absolute atomic E-state index is 13.4. The van der Waals surface area contributed by atoms with Crippen LogP contribution in [0, 0.1) is 5.82 Å². The van der Waals surface area contributed by atoms with E-state index in [4.69, 9.17) is 4.74 Å². The van der Waals surface area contributed by atoms with Gasteiger partial charge in [0.2, 0.25) is 10.0 Å². The highest BCUT2D eigenvalue weighted by atomic mass is 32.2. The summed E-state index contributed by atoms with van der Waals surface area (Å²) in [5.74, 6) is -2.26. The van der Waals surface area contributed by atoms with Crippen LogP contribution >= 0.6 is 0 Å². The first-order valence-corrected chi connectivity index (χ1v) is 9.49. The van der Waals surface area contributed by atoms with Crippen LogP contribution in [-0.2, 0) is 16.2 Å². The normalized spacial score (nSPS) is 11.8. The van der Waals surface area contributed by atoms with Crippen LogP contribution in [0.2, 0.25) is 0 Å². The van der Waals surface area contributed by atoms with Crippen molar-refractivity contribution in [2.24, 2.45) is 0 Å². The second kappa shape index (κ2) is 7.66. The van der Waals surface area contributed by atoms with Gasteiger partial charge in [-0.05, 0) is 36.4 Å². The fraction of sp³-hybridized carbons (Fsp3) is 0.235. The van der Waals surface area contributed by atoms with Gasteiger partial charge < -0.3 is 10.1 Å². The summed E-state index contributed by atoms with van der Waals surface area (Å²) < 4.78 is 81.2. The van der Waals surface area contributed by atoms with Gasteiger partial charge in [-0.2, -0.15) is 13.2 Å². The summed E-state index contributed by atoms with van der Waals surface area (Å²) in [6.45, 7) is 0. The molecule has 0 radical (unpaired) electrons. The molecule has 0 aliphatic rings. The summed E-state index contributed by atoms with van der Waals surface area (Å²) in [6, 6.07) is 5.98. The summed E-state index contributed by atoms with van der Waals surface area (Å²) in [6.07, 6.45) is -3.96. The fourth-order valence-electron chi connectivity index (χ4n) is 2.28. The Morgan fingerprint density at radius 1 is 1.14 bits per heavy atom. The number of carbonyl (C=O) groups is 1. The number of amides is 1. The van der Waals surface area contributed by atoms with Crippen molar-refractivity contribution >= 4 is 27.3 Å². The first-order valence-electron chi connectivity index (χ1n) is 7.64. The van der Waals surface area contributed by atoms with Crippen LogP contribution in [0.4, 0.5) is 28.9 Å². The van der Waals surface area contributed by atoms with Crippen LogP contribution in [-0.4, -0.2) is 34.7 Å². The Labute approximate surface area is 158 Å². The standard InChI is InChI=1S/C17H16F4N2O4S/c1-23(28(3,25)26)11-5-7-15(27-2)12(9-11)16(24)22-10-4-6-14(18)13(8-10)17(19,20)21/h4-9H,1-3H3,(H,22,24). The number of nitrogens with zero attached hydrogens (tertiary/aromatic N) is 1. The SMILES string of the molecule is COc1ccc(N(C)S(C)(=O)=O)cc1C(=O)Nc1ccc(F)c(C(F)(F)F)c1. The molecule has 152 valence electrons. The molecule has 1 N–H and O–H groups in total. The average molecular weight is 420 g/mol. The molecule has 2 aromatic rings. The molecule has 0 aromatic heterocycles. The highest BCUT2D eigenvalue weighted by molar-refractivity contribution is 7.92. The smallest absolute Gasteiger partial charge is 0.419 e. The number of alkyl halides is 3. The fourth-order valence-corrected chi connectivity index (χ4v) is 2.78. The van der Waals surface area contributed by atoms with Gasteiger partial charge in [-0.1, -0.05) is 0 Å². The minimum atomic E-state index is -4.93. The van der Waals surface area contributed by atoms with Gasteiger partial charge in [0.1, 0.15) is 11.6 Å². The monoisotopic (exact) mass is 420 g/mol. The summed E-state index contributed by atoms with van der Waals surface area (Å²) in [5.41, 5.74) is -1.79. The number of ether oxygens (including phenoxy) is 1. The number of rotatable bonds is 5. The van der Waals surface area contributed by atoms with Crippen molar-refractivity contribution in [1.29, 1.82) is 0 Å². The lowest BCUT2D eigenvalue weighted by atomic mass is 10.1. The summed E-state index contributed by atoms with van der Waals surface area (Å²) in [4.78, 5) is 12.5. The van der Waals surface area contributed by atoms with E-state index in [2.05, 4.69) is 5.32 Å². The third kappa shape index (κ3) is 4.71. The lowest BCUT2D eigenvalue weighted by molar-refractivity contribution is -0.139. The molecule has 0 spiro atoms. The van der Waals surface area contributed by atoms with Crippen LogP contribution < -0.4 is 14.4 Å². The highest BCUT2D eigenvalue weighted by Crippen LogP contribution is 2.33. The minimum Gasteiger partial charge on any atom is -0.496 e. The minimum absolute atomic E-state index is 0.0707. The van der Waals surface area contributed by atoms with E-state index < -0.39 is 33.5 Å². The second-order valence-electron chi connectivity index (χ2n) is 5.76. The van der Waals surface area contributed by atoms with Gasteiger partial charge >= 0.3 is 6.18 Å². The average Bonchev–Trinajstić information content (AvgIpc) is 2.60. The zero-order valence-corrected chi connectivity index (χ0v) is 15.8. The maximum Gasteiger partial charge on any atom is 0.419 e. The molecule has 1 amide bonds. The molecule has 28 heavy (non-hydrogen) atoms. The van der Waals surface area contributed by atoms with Crippen molar-refractivity contribution in [3.05, 3.63) is 53.3 Å². The summed E-state index contributed by atoms with van der Waals surface area (Å²) >= 11 is 0. The molecule has 0 heterocycles. The third-order valence-electron chi connectivity index (χ3n) is 3.82. The zero-order valence-electron chi connectivity index (χ0n) is 15.0. The van der Waals surface area contributed by atoms with Gasteiger partial charge in [0.15, 0.2) is 0 Å². The number of anilines is 2. The molecule has 2 rings (SSSR count). The van der Waals surface area contributed by atoms with E-state index in [0.717, 1.165) is 16.6 Å². The Hall–Kier alpha value is -2.82. The van der Waals surface area contributed by atoms with Crippen molar-refractivity contribution in [3.63, 3.8) is 0 Å². The molecule has 11 heteroatoms. The second-order valence-corrected chi connectivity index (χ2v) is 7.78. The van der Waals surface area contributed by atoms with Gasteiger partial charge in [-0.25, -0.2) is 12.8 Å². The molecule has 0 saturated heterocycles. The van der Waals surface area contributed by atoms with Gasteiger partial charge in [-0.15, -0.1) is 0 Å². The number of sulfonamides is 1. The first kappa shape index (κ1) is 21.5. The maximum atomic E-state index is 13.4. The molecule has 0 aliphatic carbocycles. The van der Waals surface area contributed by atoms with E-state index in [-0.39, 0.29) is 22.7 Å². The number of hydrogen-bond acceptors (Lipinski definition) is 4. The van der Waals surface area contributed by atoms with Crippen molar-refractivity contribution < 1.29 is 35.5 Å². The largest absolute Gasteiger partial charge is 0.496 e. The Balaban J connectivity index is 2.41. The van der Waals surface area contributed by atoms with E-state index in [1.165, 1.54) is 32.4 Å². The number of hydrogen-bond donors (Lipinski definition) is 1. The summed E-state index contributed by atoms with van der Waals surface area (Å²) in [7, 11) is -1.07. The van der Waals surface area contributed by atoms with E-state index in [0.29, 0.717) is 12.1 Å². The number of halogens is 4. The van der Waals surface area contributed by atoms with Crippen molar-refractivity contribution in [1.82, 2.24) is 0 Å². The Morgan fingerprint density at radius 2 is 1.79 bits per heavy atom.